The van der Waals surface area contributed by atoms with Gasteiger partial charge in [-0.15, -0.1) is 0 Å². The second-order valence-corrected chi connectivity index (χ2v) is 9.39. The zero-order chi connectivity index (χ0) is 29.0. The van der Waals surface area contributed by atoms with Gasteiger partial charge < -0.3 is 24.5 Å². The monoisotopic (exact) mass is 558 g/mol. The molecule has 0 amide bonds. The van der Waals surface area contributed by atoms with Crippen LogP contribution in [0.2, 0.25) is 0 Å². The highest BCUT2D eigenvalue weighted by Crippen LogP contribution is 2.45. The summed E-state index contributed by atoms with van der Waals surface area (Å²) in [5.41, 5.74) is 1.06. The standard InChI is InChI=1S/C29H30F4N4O3/c1-4-6-20(29(31,32)33)17-19(2)37-24(18-26(38)39)23-7-5-8-25(40-3)27(23)34-28(37)36-15-13-35(14-16-36)22-11-9-21(30)10-12-22/h4-12,17,24H,1,13-16,18H2,2-3H3,(H,38,39)/b19-17+,20-6+. The van der Waals surface area contributed by atoms with Crippen LogP contribution in [0.5, 0.6) is 5.75 Å². The molecule has 11 heteroatoms. The van der Waals surface area contributed by atoms with Gasteiger partial charge in [-0.05, 0) is 43.3 Å². The Balaban J connectivity index is 1.79. The molecule has 0 spiro atoms. The number of methoxy groups -OCH3 is 1. The van der Waals surface area contributed by atoms with Gasteiger partial charge in [-0.2, -0.15) is 13.2 Å². The van der Waals surface area contributed by atoms with E-state index in [4.69, 9.17) is 9.73 Å². The molecule has 0 aromatic heterocycles. The molecule has 7 nitrogen and oxygen atoms in total. The minimum Gasteiger partial charge on any atom is -0.494 e. The lowest BCUT2D eigenvalue weighted by atomic mass is 9.96. The van der Waals surface area contributed by atoms with E-state index in [9.17, 15) is 27.5 Å². The molecule has 2 aromatic rings. The molecule has 2 heterocycles. The number of carbonyl (C=O) groups is 1. The highest BCUT2D eigenvalue weighted by Gasteiger charge is 2.39. The largest absolute Gasteiger partial charge is 0.494 e. The number of nitrogens with zero attached hydrogens (tertiary/aromatic N) is 4. The smallest absolute Gasteiger partial charge is 0.416 e. The maximum atomic E-state index is 13.8. The van der Waals surface area contributed by atoms with Crippen molar-refractivity contribution < 1.29 is 32.2 Å². The molecule has 40 heavy (non-hydrogen) atoms. The molecule has 1 unspecified atom stereocenters. The molecule has 0 bridgehead atoms. The number of benzene rings is 2. The van der Waals surface area contributed by atoms with Crippen molar-refractivity contribution in [3.63, 3.8) is 0 Å². The number of para-hydroxylation sites is 1. The fourth-order valence-corrected chi connectivity index (χ4v) is 4.98. The Hall–Kier alpha value is -4.28. The number of fused-ring (bicyclic) bond motifs is 1. The molecule has 2 aliphatic heterocycles. The number of hydrogen-bond donors (Lipinski definition) is 1. The third kappa shape index (κ3) is 6.13. The van der Waals surface area contributed by atoms with E-state index in [-0.39, 0.29) is 17.9 Å². The van der Waals surface area contributed by atoms with Crippen molar-refractivity contribution in [2.24, 2.45) is 4.99 Å². The maximum absolute atomic E-state index is 13.8. The second kappa shape index (κ2) is 11.8. The Morgan fingerprint density at radius 1 is 1.12 bits per heavy atom. The first-order valence-corrected chi connectivity index (χ1v) is 12.6. The van der Waals surface area contributed by atoms with Crippen LogP contribution in [0.15, 0.2) is 83.5 Å². The van der Waals surface area contributed by atoms with Crippen molar-refractivity contribution in [2.45, 2.75) is 25.6 Å². The first kappa shape index (κ1) is 28.7. The molecular formula is C29H30F4N4O3. The van der Waals surface area contributed by atoms with Crippen LogP contribution in [0.1, 0.15) is 24.9 Å². The number of aliphatic imine (C=N–C) groups is 1. The van der Waals surface area contributed by atoms with E-state index in [1.54, 1.807) is 35.2 Å². The average Bonchev–Trinajstić information content (AvgIpc) is 2.92. The summed E-state index contributed by atoms with van der Waals surface area (Å²) in [6.45, 7) is 6.86. The Morgan fingerprint density at radius 2 is 1.77 bits per heavy atom. The molecule has 0 aliphatic carbocycles. The summed E-state index contributed by atoms with van der Waals surface area (Å²) >= 11 is 0. The lowest BCUT2D eigenvalue weighted by Crippen LogP contribution is -2.54. The van der Waals surface area contributed by atoms with E-state index in [2.05, 4.69) is 11.5 Å². The first-order valence-electron chi connectivity index (χ1n) is 12.6. The van der Waals surface area contributed by atoms with Gasteiger partial charge in [-0.3, -0.25) is 4.79 Å². The third-order valence-corrected chi connectivity index (χ3v) is 6.84. The SMILES string of the molecule is C=C/C=C(\C=C(/C)N1C(N2CCN(c3ccc(F)cc3)CC2)=Nc2c(OC)cccc2C1CC(=O)O)C(F)(F)F. The number of carboxylic acids is 1. The zero-order valence-electron chi connectivity index (χ0n) is 22.2. The molecule has 1 fully saturated rings. The van der Waals surface area contributed by atoms with Crippen LogP contribution in [-0.2, 0) is 4.79 Å². The Kier molecular flexibility index (Phi) is 8.51. The Morgan fingerprint density at radius 3 is 2.35 bits per heavy atom. The Labute approximate surface area is 230 Å². The predicted molar refractivity (Wildman–Crippen MR) is 145 cm³/mol. The zero-order valence-corrected chi connectivity index (χ0v) is 22.2. The van der Waals surface area contributed by atoms with E-state index in [1.165, 1.54) is 26.2 Å². The van der Waals surface area contributed by atoms with Crippen LogP contribution in [0.3, 0.4) is 0 Å². The second-order valence-electron chi connectivity index (χ2n) is 9.39. The van der Waals surface area contributed by atoms with Gasteiger partial charge in [-0.25, -0.2) is 9.38 Å². The molecule has 0 radical (unpaired) electrons. The van der Waals surface area contributed by atoms with Crippen LogP contribution >= 0.6 is 0 Å². The van der Waals surface area contributed by atoms with Crippen molar-refractivity contribution in [3.05, 3.63) is 89.9 Å². The van der Waals surface area contributed by atoms with E-state index in [0.29, 0.717) is 49.1 Å². The number of allylic oxidation sites excluding steroid dienone is 5. The summed E-state index contributed by atoms with van der Waals surface area (Å²) in [5.74, 6) is -0.690. The number of carboxylic acid groups (broad SMARTS) is 1. The number of halogens is 4. The summed E-state index contributed by atoms with van der Waals surface area (Å²) in [7, 11) is 1.48. The summed E-state index contributed by atoms with van der Waals surface area (Å²) in [6, 6.07) is 10.4. The fraction of sp³-hybridized carbons (Fsp3) is 0.310. The predicted octanol–water partition coefficient (Wildman–Crippen LogP) is 6.05. The van der Waals surface area contributed by atoms with E-state index in [0.717, 1.165) is 23.9 Å². The van der Waals surface area contributed by atoms with Crippen molar-refractivity contribution in [1.29, 1.82) is 0 Å². The molecule has 212 valence electrons. The minimum atomic E-state index is -4.65. The highest BCUT2D eigenvalue weighted by atomic mass is 19.4. The molecule has 4 rings (SSSR count). The number of guanidine groups is 1. The summed E-state index contributed by atoms with van der Waals surface area (Å²) < 4.78 is 60.3. The van der Waals surface area contributed by atoms with Gasteiger partial charge in [0, 0.05) is 43.1 Å². The van der Waals surface area contributed by atoms with Crippen LogP contribution in [0.25, 0.3) is 0 Å². The van der Waals surface area contributed by atoms with Gasteiger partial charge >= 0.3 is 12.1 Å². The summed E-state index contributed by atoms with van der Waals surface area (Å²) in [5, 5.41) is 9.82. The molecular weight excluding hydrogens is 528 g/mol. The number of hydrogen-bond acceptors (Lipinski definition) is 6. The van der Waals surface area contributed by atoms with Gasteiger partial charge in [0.2, 0.25) is 5.96 Å². The molecule has 2 aliphatic rings. The topological polar surface area (TPSA) is 68.6 Å². The number of ether oxygens (including phenoxy) is 1. The molecule has 1 N–H and O–H groups in total. The highest BCUT2D eigenvalue weighted by molar-refractivity contribution is 5.90. The lowest BCUT2D eigenvalue weighted by Gasteiger charge is -2.45. The van der Waals surface area contributed by atoms with E-state index in [1.807, 2.05) is 4.90 Å². The molecule has 1 saturated heterocycles. The van der Waals surface area contributed by atoms with Gasteiger partial charge in [-0.1, -0.05) is 30.9 Å². The summed E-state index contributed by atoms with van der Waals surface area (Å²) in [4.78, 5) is 22.4. The van der Waals surface area contributed by atoms with Crippen molar-refractivity contribution in [3.8, 4) is 5.75 Å². The van der Waals surface area contributed by atoms with E-state index < -0.39 is 23.8 Å². The normalized spacial score (nSPS) is 18.3. The van der Waals surface area contributed by atoms with Crippen LogP contribution in [-0.4, -0.2) is 66.3 Å². The van der Waals surface area contributed by atoms with Gasteiger partial charge in [0.05, 0.1) is 25.1 Å². The van der Waals surface area contributed by atoms with Crippen molar-refractivity contribution in [1.82, 2.24) is 9.80 Å². The first-order chi connectivity index (χ1) is 19.0. The number of alkyl halides is 3. The quantitative estimate of drug-likeness (QED) is 0.330. The maximum Gasteiger partial charge on any atom is 0.416 e. The molecule has 1 atom stereocenters. The average molecular weight is 559 g/mol. The van der Waals surface area contributed by atoms with Crippen molar-refractivity contribution in [2.75, 3.05) is 38.2 Å². The van der Waals surface area contributed by atoms with E-state index >= 15 is 0 Å². The number of piperazine rings is 1. The number of anilines is 1. The number of aliphatic carboxylic acids is 1. The minimum absolute atomic E-state index is 0.171. The summed E-state index contributed by atoms with van der Waals surface area (Å²) in [6.07, 6.45) is -2.12. The van der Waals surface area contributed by atoms with Gasteiger partial charge in [0.25, 0.3) is 0 Å². The molecule has 0 saturated carbocycles. The van der Waals surface area contributed by atoms with Crippen LogP contribution in [0.4, 0.5) is 28.9 Å². The lowest BCUT2D eigenvalue weighted by molar-refractivity contribution is -0.138. The van der Waals surface area contributed by atoms with Gasteiger partial charge in [0.15, 0.2) is 0 Å². The van der Waals surface area contributed by atoms with Gasteiger partial charge in [0.1, 0.15) is 17.3 Å². The van der Waals surface area contributed by atoms with Crippen LogP contribution in [0, 0.1) is 5.82 Å². The third-order valence-electron chi connectivity index (χ3n) is 6.84. The van der Waals surface area contributed by atoms with Crippen LogP contribution < -0.4 is 9.64 Å². The van der Waals surface area contributed by atoms with Crippen molar-refractivity contribution >= 4 is 23.3 Å². The fourth-order valence-electron chi connectivity index (χ4n) is 4.98. The molecule has 2 aromatic carbocycles. The Bertz CT molecular complexity index is 1340. The number of rotatable bonds is 7.